The fraction of sp³-hybridized carbons (Fsp3) is 0.462. The molecule has 19 heavy (non-hydrogen) atoms. The van der Waals surface area contributed by atoms with Crippen LogP contribution in [-0.2, 0) is 0 Å². The van der Waals surface area contributed by atoms with Gasteiger partial charge in [-0.1, -0.05) is 0 Å². The van der Waals surface area contributed by atoms with Crippen molar-refractivity contribution in [3.63, 3.8) is 0 Å². The van der Waals surface area contributed by atoms with Crippen molar-refractivity contribution in [2.24, 2.45) is 0 Å². The average molecular weight is 275 g/mol. The number of nitriles is 1. The van der Waals surface area contributed by atoms with E-state index in [2.05, 4.69) is 40.1 Å². The highest BCUT2D eigenvalue weighted by Crippen LogP contribution is 2.30. The molecule has 5 nitrogen and oxygen atoms in total. The fourth-order valence-electron chi connectivity index (χ4n) is 1.95. The van der Waals surface area contributed by atoms with Gasteiger partial charge in [-0.05, 0) is 25.3 Å². The van der Waals surface area contributed by atoms with Crippen LogP contribution in [-0.4, -0.2) is 29.6 Å². The molecule has 0 saturated heterocycles. The lowest BCUT2D eigenvalue weighted by molar-refractivity contribution is 0.679. The van der Waals surface area contributed by atoms with Gasteiger partial charge in [0, 0.05) is 19.6 Å². The minimum absolute atomic E-state index is 0.288. The van der Waals surface area contributed by atoms with Crippen molar-refractivity contribution in [3.8, 4) is 6.07 Å². The highest BCUT2D eigenvalue weighted by atomic mass is 32.1. The first-order chi connectivity index (χ1) is 9.17. The highest BCUT2D eigenvalue weighted by molar-refractivity contribution is 7.16. The summed E-state index contributed by atoms with van der Waals surface area (Å²) in [5.41, 5.74) is 0. The van der Waals surface area contributed by atoms with Crippen molar-refractivity contribution in [3.05, 3.63) is 11.4 Å². The molecule has 0 unspecified atom stereocenters. The zero-order valence-electron chi connectivity index (χ0n) is 11.3. The van der Waals surface area contributed by atoms with Crippen LogP contribution in [0.4, 0.5) is 11.8 Å². The summed E-state index contributed by atoms with van der Waals surface area (Å²) in [5.74, 6) is 1.52. The third-order valence-electron chi connectivity index (χ3n) is 2.89. The largest absolute Gasteiger partial charge is 0.357 e. The molecule has 0 radical (unpaired) electrons. The van der Waals surface area contributed by atoms with Gasteiger partial charge in [-0.3, -0.25) is 0 Å². The zero-order chi connectivity index (χ0) is 13.8. The second kappa shape index (κ2) is 5.85. The standard InChI is InChI=1S/C13H17N5S/c1-9(2)18(7-4-6-14)11-10-5-8-19-12(10)17-13(15-3)16-11/h5,8-9H,4,7H2,1-3H3,(H,15,16,17). The Morgan fingerprint density at radius 1 is 1.47 bits per heavy atom. The normalized spacial score (nSPS) is 10.7. The van der Waals surface area contributed by atoms with Crippen molar-refractivity contribution in [2.75, 3.05) is 23.8 Å². The lowest BCUT2D eigenvalue weighted by Gasteiger charge is -2.27. The molecule has 0 aliphatic heterocycles. The zero-order valence-corrected chi connectivity index (χ0v) is 12.2. The molecule has 0 aromatic carbocycles. The van der Waals surface area contributed by atoms with Crippen LogP contribution in [0, 0.1) is 11.3 Å². The maximum Gasteiger partial charge on any atom is 0.225 e. The fourth-order valence-corrected chi connectivity index (χ4v) is 2.71. The Morgan fingerprint density at radius 3 is 2.89 bits per heavy atom. The van der Waals surface area contributed by atoms with Gasteiger partial charge < -0.3 is 10.2 Å². The second-order valence-electron chi connectivity index (χ2n) is 4.46. The van der Waals surface area contributed by atoms with Gasteiger partial charge in [-0.25, -0.2) is 4.98 Å². The molecule has 0 fully saturated rings. The van der Waals surface area contributed by atoms with Gasteiger partial charge in [0.1, 0.15) is 10.6 Å². The monoisotopic (exact) mass is 275 g/mol. The molecule has 6 heteroatoms. The van der Waals surface area contributed by atoms with Gasteiger partial charge in [0.25, 0.3) is 0 Å². The number of hydrogen-bond donors (Lipinski definition) is 1. The summed E-state index contributed by atoms with van der Waals surface area (Å²) in [5, 5.41) is 14.9. The molecular formula is C13H17N5S. The summed E-state index contributed by atoms with van der Waals surface area (Å²) in [4.78, 5) is 12.1. The van der Waals surface area contributed by atoms with E-state index in [1.165, 1.54) is 0 Å². The van der Waals surface area contributed by atoms with Crippen LogP contribution in [0.25, 0.3) is 10.2 Å². The number of nitrogens with zero attached hydrogens (tertiary/aromatic N) is 4. The maximum atomic E-state index is 8.80. The van der Waals surface area contributed by atoms with Crippen molar-refractivity contribution in [1.29, 1.82) is 5.26 Å². The van der Waals surface area contributed by atoms with E-state index in [-0.39, 0.29) is 6.04 Å². The summed E-state index contributed by atoms with van der Waals surface area (Å²) in [7, 11) is 1.81. The quantitative estimate of drug-likeness (QED) is 0.909. The van der Waals surface area contributed by atoms with E-state index in [0.29, 0.717) is 18.9 Å². The first kappa shape index (κ1) is 13.6. The van der Waals surface area contributed by atoms with E-state index in [1.54, 1.807) is 11.3 Å². The van der Waals surface area contributed by atoms with E-state index in [4.69, 9.17) is 5.26 Å². The molecule has 0 bridgehead atoms. The van der Waals surface area contributed by atoms with E-state index in [1.807, 2.05) is 18.5 Å². The number of hydrogen-bond acceptors (Lipinski definition) is 6. The van der Waals surface area contributed by atoms with E-state index >= 15 is 0 Å². The van der Waals surface area contributed by atoms with Crippen molar-refractivity contribution in [2.45, 2.75) is 26.3 Å². The lowest BCUT2D eigenvalue weighted by atomic mass is 10.2. The molecule has 0 aliphatic carbocycles. The van der Waals surface area contributed by atoms with Crippen LogP contribution in [0.5, 0.6) is 0 Å². The smallest absolute Gasteiger partial charge is 0.225 e. The summed E-state index contributed by atoms with van der Waals surface area (Å²) >= 11 is 1.60. The third-order valence-corrected chi connectivity index (χ3v) is 3.70. The Kier molecular flexibility index (Phi) is 4.17. The Morgan fingerprint density at radius 2 is 2.26 bits per heavy atom. The molecule has 0 atom stereocenters. The third kappa shape index (κ3) is 2.76. The Balaban J connectivity index is 2.51. The van der Waals surface area contributed by atoms with E-state index < -0.39 is 0 Å². The number of thiophene rings is 1. The predicted octanol–water partition coefficient (Wildman–Crippen LogP) is 2.86. The van der Waals surface area contributed by atoms with Crippen molar-refractivity contribution >= 4 is 33.3 Å². The predicted molar refractivity (Wildman–Crippen MR) is 79.7 cm³/mol. The van der Waals surface area contributed by atoms with Gasteiger partial charge in [-0.2, -0.15) is 10.2 Å². The van der Waals surface area contributed by atoms with E-state index in [0.717, 1.165) is 16.0 Å². The molecule has 2 rings (SSSR count). The van der Waals surface area contributed by atoms with Crippen LogP contribution >= 0.6 is 11.3 Å². The number of nitrogens with one attached hydrogen (secondary N) is 1. The molecule has 2 aromatic rings. The minimum atomic E-state index is 0.288. The maximum absolute atomic E-state index is 8.80. The van der Waals surface area contributed by atoms with Gasteiger partial charge in [0.15, 0.2) is 0 Å². The summed E-state index contributed by atoms with van der Waals surface area (Å²) < 4.78 is 0. The Bertz CT molecular complexity index is 599. The molecule has 2 heterocycles. The van der Waals surface area contributed by atoms with Gasteiger partial charge in [0.05, 0.1) is 17.9 Å². The lowest BCUT2D eigenvalue weighted by Crippen LogP contribution is -2.32. The summed E-state index contributed by atoms with van der Waals surface area (Å²) in [6, 6.07) is 4.52. The molecule has 1 N–H and O–H groups in total. The van der Waals surface area contributed by atoms with E-state index in [9.17, 15) is 0 Å². The minimum Gasteiger partial charge on any atom is -0.357 e. The molecular weight excluding hydrogens is 258 g/mol. The van der Waals surface area contributed by atoms with Gasteiger partial charge in [-0.15, -0.1) is 11.3 Å². The first-order valence-corrected chi connectivity index (χ1v) is 7.12. The topological polar surface area (TPSA) is 64.8 Å². The van der Waals surface area contributed by atoms with Gasteiger partial charge in [0.2, 0.25) is 5.95 Å². The Hall–Kier alpha value is -1.87. The average Bonchev–Trinajstić information content (AvgIpc) is 2.86. The van der Waals surface area contributed by atoms with Crippen LogP contribution in [0.2, 0.25) is 0 Å². The van der Waals surface area contributed by atoms with Gasteiger partial charge >= 0.3 is 0 Å². The molecule has 0 spiro atoms. The SMILES string of the molecule is CNc1nc(N(CCC#N)C(C)C)c2ccsc2n1. The molecule has 0 amide bonds. The number of anilines is 2. The molecule has 2 aromatic heterocycles. The highest BCUT2D eigenvalue weighted by Gasteiger charge is 2.17. The molecule has 100 valence electrons. The number of aromatic nitrogens is 2. The molecule has 0 aliphatic rings. The van der Waals surface area contributed by atoms with Crippen LogP contribution in [0.15, 0.2) is 11.4 Å². The van der Waals surface area contributed by atoms with Crippen LogP contribution in [0.1, 0.15) is 20.3 Å². The first-order valence-electron chi connectivity index (χ1n) is 6.24. The van der Waals surface area contributed by atoms with Crippen molar-refractivity contribution in [1.82, 2.24) is 9.97 Å². The summed E-state index contributed by atoms with van der Waals surface area (Å²) in [6.07, 6.45) is 0.489. The number of rotatable bonds is 5. The second-order valence-corrected chi connectivity index (χ2v) is 5.35. The molecule has 0 saturated carbocycles. The Labute approximate surface area is 116 Å². The van der Waals surface area contributed by atoms with Crippen molar-refractivity contribution < 1.29 is 0 Å². The van der Waals surface area contributed by atoms with Crippen LogP contribution in [0.3, 0.4) is 0 Å². The number of fused-ring (bicyclic) bond motifs is 1. The van der Waals surface area contributed by atoms with Crippen LogP contribution < -0.4 is 10.2 Å². The summed E-state index contributed by atoms with van der Waals surface area (Å²) in [6.45, 7) is 4.90.